The van der Waals surface area contributed by atoms with Gasteiger partial charge in [-0.2, -0.15) is 0 Å². The van der Waals surface area contributed by atoms with E-state index in [4.69, 9.17) is 0 Å². The molecule has 0 saturated heterocycles. The molecule has 1 aromatic carbocycles. The SMILES string of the molecule is CC=Cc1ccc(=CC)c(=CC)c1C=NC. The van der Waals surface area contributed by atoms with Crippen LogP contribution in [0.25, 0.3) is 18.2 Å². The van der Waals surface area contributed by atoms with Gasteiger partial charge in [0.15, 0.2) is 0 Å². The van der Waals surface area contributed by atoms with E-state index >= 15 is 0 Å². The van der Waals surface area contributed by atoms with Gasteiger partial charge in [-0.15, -0.1) is 0 Å². The lowest BCUT2D eigenvalue weighted by Crippen LogP contribution is -2.28. The minimum Gasteiger partial charge on any atom is -0.296 e. The van der Waals surface area contributed by atoms with Crippen LogP contribution in [-0.2, 0) is 0 Å². The Morgan fingerprint density at radius 1 is 1.06 bits per heavy atom. The van der Waals surface area contributed by atoms with E-state index in [-0.39, 0.29) is 0 Å². The lowest BCUT2D eigenvalue weighted by molar-refractivity contribution is 1.41. The van der Waals surface area contributed by atoms with Crippen molar-refractivity contribution in [2.75, 3.05) is 7.05 Å². The Balaban J connectivity index is 3.72. The van der Waals surface area contributed by atoms with Crippen LogP contribution in [0.1, 0.15) is 31.9 Å². The Kier molecular flexibility index (Phi) is 4.71. The largest absolute Gasteiger partial charge is 0.296 e. The van der Waals surface area contributed by atoms with E-state index in [9.17, 15) is 0 Å². The number of allylic oxidation sites excluding steroid dienone is 1. The fourth-order valence-electron chi connectivity index (χ4n) is 1.84. The maximum atomic E-state index is 4.14. The summed E-state index contributed by atoms with van der Waals surface area (Å²) in [6.45, 7) is 6.15. The molecule has 84 valence electrons. The number of rotatable bonds is 2. The second-order valence-electron chi connectivity index (χ2n) is 3.54. The van der Waals surface area contributed by atoms with Crippen molar-refractivity contribution in [3.8, 4) is 0 Å². The molecular weight excluding hydrogens is 194 g/mol. The van der Waals surface area contributed by atoms with Crippen LogP contribution in [0, 0.1) is 0 Å². The molecule has 0 heterocycles. The van der Waals surface area contributed by atoms with E-state index < -0.39 is 0 Å². The fourth-order valence-corrected chi connectivity index (χ4v) is 1.84. The Hall–Kier alpha value is -1.63. The maximum Gasteiger partial charge on any atom is 0.0293 e. The standard InChI is InChI=1S/C15H19N/c1-5-8-13-10-9-12(6-2)14(7-3)15(13)11-16-4/h5-11H,1-4H3. The van der Waals surface area contributed by atoms with Crippen molar-refractivity contribution in [1.82, 2.24) is 0 Å². The number of nitrogens with zero attached hydrogens (tertiary/aromatic N) is 1. The quantitative estimate of drug-likeness (QED) is 0.669. The molecule has 0 aliphatic rings. The Labute approximate surface area is 97.5 Å². The summed E-state index contributed by atoms with van der Waals surface area (Å²) >= 11 is 0. The summed E-state index contributed by atoms with van der Waals surface area (Å²) in [7, 11) is 1.81. The van der Waals surface area contributed by atoms with Crippen molar-refractivity contribution in [3.63, 3.8) is 0 Å². The summed E-state index contributed by atoms with van der Waals surface area (Å²) in [5.41, 5.74) is 2.41. The average molecular weight is 213 g/mol. The van der Waals surface area contributed by atoms with Gasteiger partial charge in [-0.05, 0) is 36.8 Å². The predicted octanol–water partition coefficient (Wildman–Crippen LogP) is 2.37. The van der Waals surface area contributed by atoms with Crippen LogP contribution in [0.3, 0.4) is 0 Å². The first-order valence-corrected chi connectivity index (χ1v) is 5.59. The third-order valence-corrected chi connectivity index (χ3v) is 2.56. The molecule has 0 atom stereocenters. The smallest absolute Gasteiger partial charge is 0.0293 e. The van der Waals surface area contributed by atoms with Gasteiger partial charge in [0.25, 0.3) is 0 Å². The van der Waals surface area contributed by atoms with Crippen molar-refractivity contribution in [2.45, 2.75) is 20.8 Å². The Morgan fingerprint density at radius 2 is 1.81 bits per heavy atom. The molecule has 1 aromatic rings. The zero-order valence-corrected chi connectivity index (χ0v) is 10.5. The molecule has 0 N–H and O–H groups in total. The zero-order chi connectivity index (χ0) is 12.0. The molecule has 0 fully saturated rings. The molecule has 1 nitrogen and oxygen atoms in total. The van der Waals surface area contributed by atoms with Crippen LogP contribution in [0.15, 0.2) is 23.2 Å². The fraction of sp³-hybridized carbons (Fsp3) is 0.267. The summed E-state index contributed by atoms with van der Waals surface area (Å²) < 4.78 is 0. The van der Waals surface area contributed by atoms with Crippen LogP contribution < -0.4 is 10.4 Å². The number of hydrogen-bond acceptors (Lipinski definition) is 1. The van der Waals surface area contributed by atoms with Gasteiger partial charge in [0.1, 0.15) is 0 Å². The molecule has 0 spiro atoms. The van der Waals surface area contributed by atoms with E-state index in [2.05, 4.69) is 55.3 Å². The van der Waals surface area contributed by atoms with Gasteiger partial charge in [0.2, 0.25) is 0 Å². The van der Waals surface area contributed by atoms with Gasteiger partial charge in [-0.1, -0.05) is 36.4 Å². The second-order valence-corrected chi connectivity index (χ2v) is 3.54. The first kappa shape index (κ1) is 12.4. The lowest BCUT2D eigenvalue weighted by atomic mass is 10.0. The van der Waals surface area contributed by atoms with Crippen molar-refractivity contribution in [1.29, 1.82) is 0 Å². The molecule has 1 rings (SSSR count). The Morgan fingerprint density at radius 3 is 2.31 bits per heavy atom. The van der Waals surface area contributed by atoms with Gasteiger partial charge >= 0.3 is 0 Å². The highest BCUT2D eigenvalue weighted by Crippen LogP contribution is 2.02. The molecule has 0 aromatic heterocycles. The van der Waals surface area contributed by atoms with E-state index in [1.165, 1.54) is 21.6 Å². The monoisotopic (exact) mass is 213 g/mol. The maximum absolute atomic E-state index is 4.14. The van der Waals surface area contributed by atoms with Gasteiger partial charge in [0.05, 0.1) is 0 Å². The van der Waals surface area contributed by atoms with Gasteiger partial charge in [-0.25, -0.2) is 0 Å². The number of hydrogen-bond donors (Lipinski definition) is 0. The highest BCUT2D eigenvalue weighted by molar-refractivity contribution is 5.86. The van der Waals surface area contributed by atoms with Crippen LogP contribution in [0.4, 0.5) is 0 Å². The lowest BCUT2D eigenvalue weighted by Gasteiger charge is -2.03. The van der Waals surface area contributed by atoms with E-state index in [0.29, 0.717) is 0 Å². The Bertz CT molecular complexity index is 519. The van der Waals surface area contributed by atoms with Gasteiger partial charge in [0, 0.05) is 18.8 Å². The third kappa shape index (κ3) is 2.48. The highest BCUT2D eigenvalue weighted by atomic mass is 14.6. The number of aliphatic imine (C=N–C) groups is 1. The molecule has 0 aliphatic carbocycles. The minimum atomic E-state index is 1.19. The van der Waals surface area contributed by atoms with Crippen molar-refractivity contribution in [3.05, 3.63) is 39.8 Å². The summed E-state index contributed by atoms with van der Waals surface area (Å²) in [6.07, 6.45) is 10.4. The molecule has 0 bridgehead atoms. The molecule has 0 amide bonds. The molecule has 0 radical (unpaired) electrons. The van der Waals surface area contributed by atoms with E-state index in [1.807, 2.05) is 13.1 Å². The molecule has 1 heteroatoms. The highest BCUT2D eigenvalue weighted by Gasteiger charge is 1.99. The van der Waals surface area contributed by atoms with E-state index in [0.717, 1.165) is 0 Å². The average Bonchev–Trinajstić information content (AvgIpc) is 2.31. The minimum absolute atomic E-state index is 1.19. The van der Waals surface area contributed by atoms with Crippen LogP contribution in [0.2, 0.25) is 0 Å². The first-order valence-electron chi connectivity index (χ1n) is 5.59. The van der Waals surface area contributed by atoms with Crippen LogP contribution in [0.5, 0.6) is 0 Å². The predicted molar refractivity (Wildman–Crippen MR) is 74.2 cm³/mol. The van der Waals surface area contributed by atoms with Crippen LogP contribution >= 0.6 is 0 Å². The third-order valence-electron chi connectivity index (χ3n) is 2.56. The molecule has 0 saturated carbocycles. The normalized spacial score (nSPS) is 14.5. The van der Waals surface area contributed by atoms with Crippen LogP contribution in [-0.4, -0.2) is 13.3 Å². The summed E-state index contributed by atoms with van der Waals surface area (Å²) in [6, 6.07) is 4.29. The summed E-state index contributed by atoms with van der Waals surface area (Å²) in [5.74, 6) is 0. The van der Waals surface area contributed by atoms with Crippen molar-refractivity contribution < 1.29 is 0 Å². The molecular formula is C15H19N. The molecule has 0 unspecified atom stereocenters. The van der Waals surface area contributed by atoms with Gasteiger partial charge in [-0.3, -0.25) is 4.99 Å². The molecule has 16 heavy (non-hydrogen) atoms. The van der Waals surface area contributed by atoms with Crippen molar-refractivity contribution >= 4 is 24.4 Å². The van der Waals surface area contributed by atoms with Gasteiger partial charge < -0.3 is 0 Å². The second kappa shape index (κ2) is 6.06. The first-order chi connectivity index (χ1) is 7.78. The topological polar surface area (TPSA) is 12.4 Å². The summed E-state index contributed by atoms with van der Waals surface area (Å²) in [4.78, 5) is 4.14. The number of benzene rings is 1. The van der Waals surface area contributed by atoms with E-state index in [1.54, 1.807) is 7.05 Å². The summed E-state index contributed by atoms with van der Waals surface area (Å²) in [5, 5.41) is 2.51. The molecule has 0 aliphatic heterocycles. The van der Waals surface area contributed by atoms with Crippen molar-refractivity contribution in [2.24, 2.45) is 4.99 Å². The zero-order valence-electron chi connectivity index (χ0n) is 10.5.